The number of amides is 1. The normalized spacial score (nSPS) is 25.8. The number of nitrogens with one attached hydrogen (secondary N) is 2. The number of thiazole rings is 1. The van der Waals surface area contributed by atoms with Gasteiger partial charge in [0.05, 0.1) is 6.04 Å². The van der Waals surface area contributed by atoms with Crippen molar-refractivity contribution in [1.82, 2.24) is 20.7 Å². The minimum Gasteiger partial charge on any atom is -0.337 e. The zero-order chi connectivity index (χ0) is 17.4. The van der Waals surface area contributed by atoms with E-state index in [0.29, 0.717) is 24.3 Å². The van der Waals surface area contributed by atoms with Crippen LogP contribution in [0.4, 0.5) is 4.39 Å². The number of rotatable bonds is 3. The van der Waals surface area contributed by atoms with Crippen LogP contribution in [-0.2, 0) is 0 Å². The number of aromatic nitrogens is 1. The third-order valence-corrected chi connectivity index (χ3v) is 6.78. The maximum atomic E-state index is 14.2. The van der Waals surface area contributed by atoms with Gasteiger partial charge in [-0.3, -0.25) is 10.2 Å². The smallest absolute Gasteiger partial charge is 0.273 e. The van der Waals surface area contributed by atoms with E-state index in [2.05, 4.69) is 15.8 Å². The molecule has 2 aliphatic heterocycles. The number of halogens is 1. The van der Waals surface area contributed by atoms with E-state index in [9.17, 15) is 9.18 Å². The van der Waals surface area contributed by atoms with E-state index >= 15 is 0 Å². The van der Waals surface area contributed by atoms with Crippen LogP contribution >= 0.6 is 23.1 Å². The number of thioether (sulfide) groups is 1. The Morgan fingerprint density at radius 3 is 3.00 bits per heavy atom. The summed E-state index contributed by atoms with van der Waals surface area (Å²) in [4.78, 5) is 19.0. The quantitative estimate of drug-likeness (QED) is 0.805. The minimum absolute atomic E-state index is 0.0332. The maximum Gasteiger partial charge on any atom is 0.273 e. The molecule has 0 aliphatic carbocycles. The minimum atomic E-state index is -0.213. The van der Waals surface area contributed by atoms with E-state index < -0.39 is 0 Å². The van der Waals surface area contributed by atoms with Gasteiger partial charge in [0.2, 0.25) is 0 Å². The van der Waals surface area contributed by atoms with Crippen LogP contribution in [0.5, 0.6) is 0 Å². The summed E-state index contributed by atoms with van der Waals surface area (Å²) < 4.78 is 15.1. The van der Waals surface area contributed by atoms with Crippen LogP contribution in [0.3, 0.4) is 0 Å². The Labute approximate surface area is 154 Å². The first kappa shape index (κ1) is 17.0. The molecule has 2 N–H and O–H groups in total. The summed E-state index contributed by atoms with van der Waals surface area (Å²) in [5.74, 6) is -0.113. The molecule has 1 amide bonds. The average Bonchev–Trinajstić information content (AvgIpc) is 3.28. The number of likely N-dealkylation sites (tertiary alicyclic amines) is 1. The predicted octanol–water partition coefficient (Wildman–Crippen LogP) is 2.68. The Hall–Kier alpha value is -1.48. The number of carbonyl (C=O) groups excluding carboxylic acids is 1. The molecule has 1 aromatic heterocycles. The average molecular weight is 378 g/mol. The van der Waals surface area contributed by atoms with Gasteiger partial charge in [-0.25, -0.2) is 14.8 Å². The van der Waals surface area contributed by atoms with Gasteiger partial charge in [-0.05, 0) is 18.7 Å². The van der Waals surface area contributed by atoms with Gasteiger partial charge in [0.15, 0.2) is 0 Å². The van der Waals surface area contributed by atoms with Crippen molar-refractivity contribution in [3.05, 3.63) is 46.7 Å². The standard InChI is InChI=1S/C17H19FN4OS2/c1-24-17-19-14(9-25-17)16(23)22-7-6-13-11(8-22)15(21-20-13)10-4-2-3-5-12(10)18/h2-5,9,11,13,15,20-21H,6-8H2,1H3. The topological polar surface area (TPSA) is 57.3 Å². The van der Waals surface area contributed by atoms with Crippen LogP contribution < -0.4 is 10.9 Å². The van der Waals surface area contributed by atoms with Crippen molar-refractivity contribution in [3.63, 3.8) is 0 Å². The van der Waals surface area contributed by atoms with Crippen molar-refractivity contribution in [3.8, 4) is 0 Å². The lowest BCUT2D eigenvalue weighted by Gasteiger charge is -2.36. The second-order valence-electron chi connectivity index (χ2n) is 6.30. The molecule has 3 heterocycles. The molecule has 3 atom stereocenters. The molecular weight excluding hydrogens is 359 g/mol. The maximum absolute atomic E-state index is 14.2. The van der Waals surface area contributed by atoms with Crippen molar-refractivity contribution in [1.29, 1.82) is 0 Å². The molecule has 25 heavy (non-hydrogen) atoms. The van der Waals surface area contributed by atoms with E-state index in [4.69, 9.17) is 0 Å². The molecule has 0 spiro atoms. The number of hydrazine groups is 1. The number of carbonyl (C=O) groups is 1. The van der Waals surface area contributed by atoms with Gasteiger partial charge in [-0.15, -0.1) is 11.3 Å². The summed E-state index contributed by atoms with van der Waals surface area (Å²) in [7, 11) is 0. The van der Waals surface area contributed by atoms with Crippen molar-refractivity contribution in [2.45, 2.75) is 22.8 Å². The van der Waals surface area contributed by atoms with Gasteiger partial charge in [-0.1, -0.05) is 30.0 Å². The molecule has 132 valence electrons. The monoisotopic (exact) mass is 378 g/mol. The van der Waals surface area contributed by atoms with Crippen molar-refractivity contribution in [2.24, 2.45) is 5.92 Å². The van der Waals surface area contributed by atoms with Gasteiger partial charge in [-0.2, -0.15) is 0 Å². The number of benzene rings is 1. The largest absolute Gasteiger partial charge is 0.337 e. The number of hydrogen-bond acceptors (Lipinski definition) is 6. The van der Waals surface area contributed by atoms with Gasteiger partial charge in [0.1, 0.15) is 15.9 Å². The zero-order valence-electron chi connectivity index (χ0n) is 13.7. The third-order valence-electron chi connectivity index (χ3n) is 4.91. The number of nitrogens with zero attached hydrogens (tertiary/aromatic N) is 2. The Bertz CT molecular complexity index is 784. The van der Waals surface area contributed by atoms with Gasteiger partial charge in [0.25, 0.3) is 5.91 Å². The Morgan fingerprint density at radius 1 is 1.40 bits per heavy atom. The lowest BCUT2D eigenvalue weighted by atomic mass is 9.85. The first-order chi connectivity index (χ1) is 12.2. The van der Waals surface area contributed by atoms with Gasteiger partial charge >= 0.3 is 0 Å². The van der Waals surface area contributed by atoms with Crippen LogP contribution in [0, 0.1) is 11.7 Å². The molecule has 2 saturated heterocycles. The van der Waals surface area contributed by atoms with Crippen molar-refractivity contribution in [2.75, 3.05) is 19.3 Å². The number of hydrogen-bond donors (Lipinski definition) is 2. The predicted molar refractivity (Wildman–Crippen MR) is 97.1 cm³/mol. The molecule has 2 fully saturated rings. The fourth-order valence-electron chi connectivity index (χ4n) is 3.63. The third kappa shape index (κ3) is 3.19. The van der Waals surface area contributed by atoms with Gasteiger partial charge < -0.3 is 4.90 Å². The van der Waals surface area contributed by atoms with E-state index in [1.165, 1.54) is 17.4 Å². The van der Waals surface area contributed by atoms with Crippen LogP contribution in [0.1, 0.15) is 28.5 Å². The summed E-state index contributed by atoms with van der Waals surface area (Å²) >= 11 is 3.03. The first-order valence-corrected chi connectivity index (χ1v) is 10.3. The Morgan fingerprint density at radius 2 is 2.24 bits per heavy atom. The summed E-state index contributed by atoms with van der Waals surface area (Å²) in [5.41, 5.74) is 7.66. The molecule has 2 aliphatic rings. The highest BCUT2D eigenvalue weighted by Crippen LogP contribution is 2.35. The summed E-state index contributed by atoms with van der Waals surface area (Å²) in [5, 5.41) is 1.82. The van der Waals surface area contributed by atoms with Crippen LogP contribution in [0.25, 0.3) is 0 Å². The highest BCUT2D eigenvalue weighted by molar-refractivity contribution is 8.00. The Kier molecular flexibility index (Phi) is 4.77. The lowest BCUT2D eigenvalue weighted by molar-refractivity contribution is 0.0646. The SMILES string of the molecule is CSc1nc(C(=O)N2CCC3NNC(c4ccccc4F)C3C2)cs1. The summed E-state index contributed by atoms with van der Waals surface area (Å²) in [6, 6.07) is 6.93. The molecule has 1 aromatic carbocycles. The van der Waals surface area contributed by atoms with Crippen LogP contribution in [0.2, 0.25) is 0 Å². The van der Waals surface area contributed by atoms with Crippen molar-refractivity contribution < 1.29 is 9.18 Å². The molecule has 0 saturated carbocycles. The van der Waals surface area contributed by atoms with Crippen molar-refractivity contribution >= 4 is 29.0 Å². The molecule has 8 heteroatoms. The molecular formula is C17H19FN4OS2. The molecule has 2 aromatic rings. The second-order valence-corrected chi connectivity index (χ2v) is 8.21. The molecule has 0 radical (unpaired) electrons. The highest BCUT2D eigenvalue weighted by atomic mass is 32.2. The Balaban J connectivity index is 1.53. The molecule has 3 unspecified atom stereocenters. The van der Waals surface area contributed by atoms with E-state index in [0.717, 1.165) is 10.8 Å². The fraction of sp³-hybridized carbons (Fsp3) is 0.412. The summed E-state index contributed by atoms with van der Waals surface area (Å²) in [6.45, 7) is 1.28. The fourth-order valence-corrected chi connectivity index (χ4v) is 4.87. The molecule has 5 nitrogen and oxygen atoms in total. The van der Waals surface area contributed by atoms with E-state index in [1.807, 2.05) is 28.7 Å². The highest BCUT2D eigenvalue weighted by Gasteiger charge is 2.42. The number of piperidine rings is 1. The zero-order valence-corrected chi connectivity index (χ0v) is 15.4. The molecule has 4 rings (SSSR count). The second kappa shape index (κ2) is 7.03. The van der Waals surface area contributed by atoms with Crippen LogP contribution in [-0.4, -0.2) is 41.2 Å². The molecule has 0 bridgehead atoms. The van der Waals surface area contributed by atoms with E-state index in [-0.39, 0.29) is 29.7 Å². The number of fused-ring (bicyclic) bond motifs is 1. The lowest BCUT2D eigenvalue weighted by Crippen LogP contribution is -2.47. The summed E-state index contributed by atoms with van der Waals surface area (Å²) in [6.07, 6.45) is 2.79. The van der Waals surface area contributed by atoms with E-state index in [1.54, 1.807) is 17.8 Å². The van der Waals surface area contributed by atoms with Crippen LogP contribution in [0.15, 0.2) is 34.0 Å². The first-order valence-electron chi connectivity index (χ1n) is 8.21. The van der Waals surface area contributed by atoms with Gasteiger partial charge in [0, 0.05) is 36.0 Å².